The van der Waals surface area contributed by atoms with Crippen molar-refractivity contribution in [2.45, 2.75) is 39.2 Å². The molecular weight excluding hydrogens is 444 g/mol. The zero-order chi connectivity index (χ0) is 23.3. The third-order valence-corrected chi connectivity index (χ3v) is 6.81. The van der Waals surface area contributed by atoms with Crippen molar-refractivity contribution in [3.05, 3.63) is 51.9 Å². The molecule has 0 aromatic heterocycles. The number of hydrogen-bond acceptors (Lipinski definition) is 3. The normalized spacial score (nSPS) is 19.7. The Balaban J connectivity index is 1.50. The lowest BCUT2D eigenvalue weighted by Crippen LogP contribution is -2.56. The summed E-state index contributed by atoms with van der Waals surface area (Å²) in [6, 6.07) is 5.06. The molecule has 1 unspecified atom stereocenters. The van der Waals surface area contributed by atoms with Crippen LogP contribution in [0.5, 0.6) is 0 Å². The molecule has 2 amide bonds. The van der Waals surface area contributed by atoms with Crippen LogP contribution in [0.15, 0.2) is 41.9 Å². The summed E-state index contributed by atoms with van der Waals surface area (Å²) in [6.45, 7) is 6.52. The SMILES string of the molecule is [B]C1=CCC(CCC(=O)N[C@@H](C(=O)N2CCN(c3ccc(Cl)c(Cl)c3)CC2)C(C)C)C=C1. The Bertz CT molecular complexity index is 895. The maximum absolute atomic E-state index is 13.2. The van der Waals surface area contributed by atoms with Gasteiger partial charge in [-0.1, -0.05) is 55.3 Å². The van der Waals surface area contributed by atoms with Crippen molar-refractivity contribution >= 4 is 48.5 Å². The number of amides is 2. The summed E-state index contributed by atoms with van der Waals surface area (Å²) in [6.07, 6.45) is 7.93. The second kappa shape index (κ2) is 11.3. The second-order valence-corrected chi connectivity index (χ2v) is 9.61. The van der Waals surface area contributed by atoms with Crippen LogP contribution in [-0.4, -0.2) is 56.8 Å². The first kappa shape index (κ1) is 24.7. The topological polar surface area (TPSA) is 52.7 Å². The summed E-state index contributed by atoms with van der Waals surface area (Å²) >= 11 is 12.2. The fourth-order valence-corrected chi connectivity index (χ4v) is 4.33. The van der Waals surface area contributed by atoms with E-state index in [1.807, 2.05) is 43.0 Å². The zero-order valence-electron chi connectivity index (χ0n) is 18.7. The molecular formula is C24H30BCl2N3O2. The number of nitrogens with one attached hydrogen (secondary N) is 1. The molecule has 0 spiro atoms. The van der Waals surface area contributed by atoms with E-state index in [0.717, 1.165) is 24.0 Å². The maximum Gasteiger partial charge on any atom is 0.245 e. The number of hydrogen-bond donors (Lipinski definition) is 1. The van der Waals surface area contributed by atoms with Gasteiger partial charge in [-0.15, -0.1) is 5.47 Å². The van der Waals surface area contributed by atoms with E-state index in [4.69, 9.17) is 31.0 Å². The molecule has 170 valence electrons. The minimum absolute atomic E-state index is 0.0110. The van der Waals surface area contributed by atoms with E-state index in [1.165, 1.54) is 0 Å². The minimum Gasteiger partial charge on any atom is -0.368 e. The van der Waals surface area contributed by atoms with Gasteiger partial charge in [0, 0.05) is 38.3 Å². The molecule has 1 fully saturated rings. The van der Waals surface area contributed by atoms with Gasteiger partial charge in [0.05, 0.1) is 10.0 Å². The number of carbonyl (C=O) groups is 2. The standard InChI is InChI=1S/C24H30BCl2N3O2/c1-16(2)23(28-22(31)10-5-17-3-6-18(25)7-4-17)24(32)30-13-11-29(12-14-30)19-8-9-20(26)21(27)15-19/h3,6-9,15-17,23H,4-5,10-14H2,1-2H3,(H,28,31)/t17?,23-/m1/s1. The Hall–Kier alpha value is -1.92. The number of nitrogens with zero attached hydrogens (tertiary/aromatic N) is 2. The number of anilines is 1. The van der Waals surface area contributed by atoms with Crippen LogP contribution in [0.4, 0.5) is 5.69 Å². The average Bonchev–Trinajstić information content (AvgIpc) is 2.78. The molecule has 0 bridgehead atoms. The van der Waals surface area contributed by atoms with Crippen LogP contribution in [0, 0.1) is 11.8 Å². The Morgan fingerprint density at radius 1 is 1.16 bits per heavy atom. The van der Waals surface area contributed by atoms with Crippen LogP contribution in [0.1, 0.15) is 33.1 Å². The van der Waals surface area contributed by atoms with Crippen LogP contribution in [-0.2, 0) is 9.59 Å². The number of benzene rings is 1. The molecule has 8 heteroatoms. The van der Waals surface area contributed by atoms with E-state index >= 15 is 0 Å². The van der Waals surface area contributed by atoms with Gasteiger partial charge in [0.15, 0.2) is 0 Å². The largest absolute Gasteiger partial charge is 0.368 e. The summed E-state index contributed by atoms with van der Waals surface area (Å²) < 4.78 is 0. The number of rotatable bonds is 7. The van der Waals surface area contributed by atoms with Crippen LogP contribution in [0.3, 0.4) is 0 Å². The van der Waals surface area contributed by atoms with Crippen LogP contribution < -0.4 is 10.2 Å². The van der Waals surface area contributed by atoms with Crippen LogP contribution >= 0.6 is 23.2 Å². The third-order valence-electron chi connectivity index (χ3n) is 6.07. The molecule has 32 heavy (non-hydrogen) atoms. The van der Waals surface area contributed by atoms with Crippen molar-refractivity contribution in [2.24, 2.45) is 11.8 Å². The van der Waals surface area contributed by atoms with Gasteiger partial charge >= 0.3 is 0 Å². The van der Waals surface area contributed by atoms with Crippen molar-refractivity contribution < 1.29 is 9.59 Å². The molecule has 1 aromatic rings. The lowest BCUT2D eigenvalue weighted by molar-refractivity contribution is -0.138. The van der Waals surface area contributed by atoms with Gasteiger partial charge in [0.25, 0.3) is 0 Å². The number of carbonyl (C=O) groups excluding carboxylic acids is 2. The molecule has 1 N–H and O–H groups in total. The number of piperazine rings is 1. The Labute approximate surface area is 202 Å². The predicted molar refractivity (Wildman–Crippen MR) is 132 cm³/mol. The fourth-order valence-electron chi connectivity index (χ4n) is 4.03. The minimum atomic E-state index is -0.517. The number of halogens is 2. The van der Waals surface area contributed by atoms with Crippen molar-refractivity contribution in [1.29, 1.82) is 0 Å². The predicted octanol–water partition coefficient (Wildman–Crippen LogP) is 4.19. The van der Waals surface area contributed by atoms with E-state index in [0.29, 0.717) is 48.6 Å². The van der Waals surface area contributed by atoms with Crippen LogP contribution in [0.2, 0.25) is 10.0 Å². The van der Waals surface area contributed by atoms with E-state index in [9.17, 15) is 9.59 Å². The molecule has 3 rings (SSSR count). The Morgan fingerprint density at radius 2 is 1.88 bits per heavy atom. The van der Waals surface area contributed by atoms with Gasteiger partial charge < -0.3 is 15.1 Å². The van der Waals surface area contributed by atoms with Gasteiger partial charge in [0.1, 0.15) is 13.9 Å². The fraction of sp³-hybridized carbons (Fsp3) is 0.500. The van der Waals surface area contributed by atoms with E-state index < -0.39 is 6.04 Å². The van der Waals surface area contributed by atoms with E-state index in [-0.39, 0.29) is 17.7 Å². The zero-order valence-corrected chi connectivity index (χ0v) is 20.2. The highest BCUT2D eigenvalue weighted by Crippen LogP contribution is 2.28. The van der Waals surface area contributed by atoms with Gasteiger partial charge in [-0.3, -0.25) is 9.59 Å². The maximum atomic E-state index is 13.2. The smallest absolute Gasteiger partial charge is 0.245 e. The van der Waals surface area contributed by atoms with Crippen molar-refractivity contribution in [3.63, 3.8) is 0 Å². The summed E-state index contributed by atoms with van der Waals surface area (Å²) in [4.78, 5) is 29.8. The first-order valence-corrected chi connectivity index (χ1v) is 11.9. The molecule has 2 atom stereocenters. The van der Waals surface area contributed by atoms with Crippen molar-refractivity contribution in [3.8, 4) is 0 Å². The second-order valence-electron chi connectivity index (χ2n) is 8.80. The summed E-state index contributed by atoms with van der Waals surface area (Å²) in [5, 5.41) is 4.03. The van der Waals surface area contributed by atoms with Crippen molar-refractivity contribution in [2.75, 3.05) is 31.1 Å². The highest BCUT2D eigenvalue weighted by Gasteiger charge is 2.31. The van der Waals surface area contributed by atoms with Gasteiger partial charge in [0.2, 0.25) is 11.8 Å². The first-order chi connectivity index (χ1) is 15.2. The molecule has 0 saturated carbocycles. The summed E-state index contributed by atoms with van der Waals surface area (Å²) in [7, 11) is 5.75. The lowest BCUT2D eigenvalue weighted by atomic mass is 9.85. The lowest BCUT2D eigenvalue weighted by Gasteiger charge is -2.38. The van der Waals surface area contributed by atoms with Gasteiger partial charge in [-0.05, 0) is 42.9 Å². The monoisotopic (exact) mass is 473 g/mol. The van der Waals surface area contributed by atoms with Crippen molar-refractivity contribution in [1.82, 2.24) is 10.2 Å². The quantitative estimate of drug-likeness (QED) is 0.604. The molecule has 1 aromatic carbocycles. The molecule has 1 aliphatic carbocycles. The summed E-state index contributed by atoms with van der Waals surface area (Å²) in [5.74, 6) is 0.227. The van der Waals surface area contributed by atoms with E-state index in [1.54, 1.807) is 6.07 Å². The van der Waals surface area contributed by atoms with Gasteiger partial charge in [-0.25, -0.2) is 0 Å². The molecule has 1 heterocycles. The summed E-state index contributed by atoms with van der Waals surface area (Å²) in [5.41, 5.74) is 1.77. The molecule has 5 nitrogen and oxygen atoms in total. The first-order valence-electron chi connectivity index (χ1n) is 11.2. The molecule has 1 aliphatic heterocycles. The Morgan fingerprint density at radius 3 is 2.47 bits per heavy atom. The third kappa shape index (κ3) is 6.55. The van der Waals surface area contributed by atoms with Gasteiger partial charge in [-0.2, -0.15) is 0 Å². The molecule has 1 saturated heterocycles. The Kier molecular flexibility index (Phi) is 8.72. The van der Waals surface area contributed by atoms with E-state index in [2.05, 4.69) is 16.3 Å². The number of allylic oxidation sites excluding steroid dienone is 4. The van der Waals surface area contributed by atoms with Crippen LogP contribution in [0.25, 0.3) is 0 Å². The molecule has 2 radical (unpaired) electrons. The highest BCUT2D eigenvalue weighted by atomic mass is 35.5. The molecule has 2 aliphatic rings. The highest BCUT2D eigenvalue weighted by molar-refractivity contribution is 6.42. The average molecular weight is 474 g/mol.